The highest BCUT2D eigenvalue weighted by Gasteiger charge is 2.10. The quantitative estimate of drug-likeness (QED) is 0.848. The Balaban J connectivity index is 2.57. The molecule has 2 aromatic rings. The zero-order valence-corrected chi connectivity index (χ0v) is 12.8. The Morgan fingerprint density at radius 2 is 1.78 bits per heavy atom. The highest BCUT2D eigenvalue weighted by atomic mass is 16.5. The van der Waals surface area contributed by atoms with Crippen LogP contribution in [-0.2, 0) is 0 Å². The van der Waals surface area contributed by atoms with E-state index in [1.54, 1.807) is 31.4 Å². The van der Waals surface area contributed by atoms with Crippen molar-refractivity contribution in [2.75, 3.05) is 20.8 Å². The maximum absolute atomic E-state index is 11.3. The minimum absolute atomic E-state index is 0.125. The number of carboxylic acid groups (broad SMARTS) is 1. The smallest absolute Gasteiger partial charge is 0.335 e. The molecule has 0 aliphatic carbocycles. The van der Waals surface area contributed by atoms with Crippen molar-refractivity contribution in [1.29, 1.82) is 0 Å². The van der Waals surface area contributed by atoms with Gasteiger partial charge in [0.25, 0.3) is 0 Å². The second-order valence-electron chi connectivity index (χ2n) is 4.63. The number of rotatable bonds is 4. The minimum Gasteiger partial charge on any atom is -0.493 e. The van der Waals surface area contributed by atoms with Crippen LogP contribution in [0.5, 0.6) is 11.5 Å². The molecule has 0 heterocycles. The Morgan fingerprint density at radius 3 is 2.39 bits per heavy atom. The summed E-state index contributed by atoms with van der Waals surface area (Å²) in [7, 11) is 3.08. The summed E-state index contributed by atoms with van der Waals surface area (Å²) in [6.07, 6.45) is 0. The molecule has 23 heavy (non-hydrogen) atoms. The molecule has 5 nitrogen and oxygen atoms in total. The maximum Gasteiger partial charge on any atom is 0.335 e. The van der Waals surface area contributed by atoms with Crippen molar-refractivity contribution < 1.29 is 24.5 Å². The van der Waals surface area contributed by atoms with Gasteiger partial charge in [-0.1, -0.05) is 17.9 Å². The number of hydrogen-bond donors (Lipinski definition) is 2. The summed E-state index contributed by atoms with van der Waals surface area (Å²) in [5.41, 5.74) is 2.11. The van der Waals surface area contributed by atoms with Gasteiger partial charge in [-0.2, -0.15) is 0 Å². The van der Waals surface area contributed by atoms with Gasteiger partial charge in [0, 0.05) is 5.56 Å². The normalized spacial score (nSPS) is 9.70. The average molecular weight is 312 g/mol. The Morgan fingerprint density at radius 1 is 1.04 bits per heavy atom. The van der Waals surface area contributed by atoms with Crippen molar-refractivity contribution >= 4 is 5.97 Å². The van der Waals surface area contributed by atoms with Crippen LogP contribution in [0, 0.1) is 11.8 Å². The maximum atomic E-state index is 11.3. The topological polar surface area (TPSA) is 76.0 Å². The van der Waals surface area contributed by atoms with Crippen LogP contribution in [0.15, 0.2) is 36.4 Å². The molecule has 0 spiro atoms. The van der Waals surface area contributed by atoms with Crippen molar-refractivity contribution in [1.82, 2.24) is 0 Å². The first kappa shape index (κ1) is 16.4. The molecule has 0 bridgehead atoms. The third kappa shape index (κ3) is 3.82. The number of hydrogen-bond acceptors (Lipinski definition) is 4. The van der Waals surface area contributed by atoms with E-state index in [2.05, 4.69) is 11.8 Å². The first-order valence-corrected chi connectivity index (χ1v) is 6.79. The molecular weight excluding hydrogens is 296 g/mol. The van der Waals surface area contributed by atoms with Crippen molar-refractivity contribution in [2.45, 2.75) is 0 Å². The van der Waals surface area contributed by atoms with Crippen LogP contribution in [0.25, 0.3) is 11.1 Å². The highest BCUT2D eigenvalue weighted by molar-refractivity contribution is 5.90. The Hall–Kier alpha value is -2.97. The predicted molar refractivity (Wildman–Crippen MR) is 85.9 cm³/mol. The summed E-state index contributed by atoms with van der Waals surface area (Å²) in [5, 5.41) is 18.0. The lowest BCUT2D eigenvalue weighted by atomic mass is 9.99. The predicted octanol–water partition coefficient (Wildman–Crippen LogP) is 2.41. The zero-order valence-electron chi connectivity index (χ0n) is 12.8. The fourth-order valence-electron chi connectivity index (χ4n) is 2.15. The van der Waals surface area contributed by atoms with E-state index in [1.807, 2.05) is 6.07 Å². The van der Waals surface area contributed by atoms with Crippen LogP contribution in [0.1, 0.15) is 15.9 Å². The minimum atomic E-state index is -1.04. The Bertz CT molecular complexity index is 784. The second-order valence-corrected chi connectivity index (χ2v) is 4.63. The van der Waals surface area contributed by atoms with Crippen LogP contribution in [-0.4, -0.2) is 37.0 Å². The standard InChI is InChI=1S/C18H16O5/c1-22-16-6-5-13(11-17(16)23-2)14-8-12(4-3-7-19)9-15(10-14)18(20)21/h5-6,8-11,19H,7H2,1-2H3,(H,20,21). The lowest BCUT2D eigenvalue weighted by Crippen LogP contribution is -1.98. The SMILES string of the molecule is COc1ccc(-c2cc(C#CCO)cc(C(=O)O)c2)cc1OC. The summed E-state index contributed by atoms with van der Waals surface area (Å²) in [5.74, 6) is 5.35. The van der Waals surface area contributed by atoms with Crippen LogP contribution in [0.3, 0.4) is 0 Å². The number of carbonyl (C=O) groups is 1. The molecule has 0 aromatic heterocycles. The lowest BCUT2D eigenvalue weighted by molar-refractivity contribution is 0.0697. The summed E-state index contributed by atoms with van der Waals surface area (Å²) in [6, 6.07) is 10.1. The van der Waals surface area contributed by atoms with E-state index in [-0.39, 0.29) is 12.2 Å². The van der Waals surface area contributed by atoms with Gasteiger partial charge in [0.15, 0.2) is 11.5 Å². The van der Waals surface area contributed by atoms with Gasteiger partial charge >= 0.3 is 5.97 Å². The van der Waals surface area contributed by atoms with Crippen LogP contribution in [0.4, 0.5) is 0 Å². The number of ether oxygens (including phenoxy) is 2. The van der Waals surface area contributed by atoms with Crippen LogP contribution < -0.4 is 9.47 Å². The lowest BCUT2D eigenvalue weighted by Gasteiger charge is -2.10. The Labute approximate surface area is 134 Å². The molecule has 0 unspecified atom stereocenters. The van der Waals surface area contributed by atoms with Crippen LogP contribution >= 0.6 is 0 Å². The van der Waals surface area contributed by atoms with Gasteiger partial charge in [-0.25, -0.2) is 4.79 Å². The van der Waals surface area contributed by atoms with Gasteiger partial charge in [0.05, 0.1) is 19.8 Å². The number of carboxylic acids is 1. The Kier molecular flexibility index (Phi) is 5.23. The van der Waals surface area contributed by atoms with Gasteiger partial charge in [-0.05, 0) is 41.5 Å². The molecule has 2 aromatic carbocycles. The summed E-state index contributed by atoms with van der Waals surface area (Å²) >= 11 is 0. The molecule has 0 atom stereocenters. The fraction of sp³-hybridized carbons (Fsp3) is 0.167. The van der Waals surface area contributed by atoms with E-state index in [9.17, 15) is 9.90 Å². The number of benzene rings is 2. The van der Waals surface area contributed by atoms with E-state index in [0.717, 1.165) is 5.56 Å². The molecule has 2 rings (SSSR count). The third-order valence-corrected chi connectivity index (χ3v) is 3.21. The first-order chi connectivity index (χ1) is 11.1. The van der Waals surface area contributed by atoms with Gasteiger partial charge in [0.1, 0.15) is 6.61 Å². The second kappa shape index (κ2) is 7.34. The third-order valence-electron chi connectivity index (χ3n) is 3.21. The number of aliphatic hydroxyl groups excluding tert-OH is 1. The number of aromatic carboxylic acids is 1. The van der Waals surface area contributed by atoms with Crippen LogP contribution in [0.2, 0.25) is 0 Å². The van der Waals surface area contributed by atoms with Gasteiger partial charge in [0.2, 0.25) is 0 Å². The molecule has 0 saturated heterocycles. The molecular formula is C18H16O5. The zero-order chi connectivity index (χ0) is 16.8. The molecule has 2 N–H and O–H groups in total. The van der Waals surface area contributed by atoms with Gasteiger partial charge < -0.3 is 19.7 Å². The van der Waals surface area contributed by atoms with Gasteiger partial charge in [-0.3, -0.25) is 0 Å². The number of methoxy groups -OCH3 is 2. The molecule has 0 aliphatic heterocycles. The molecule has 0 saturated carbocycles. The molecule has 0 aliphatic rings. The average Bonchev–Trinajstić information content (AvgIpc) is 2.58. The molecule has 0 amide bonds. The van der Waals surface area contributed by atoms with Crippen molar-refractivity contribution in [2.24, 2.45) is 0 Å². The highest BCUT2D eigenvalue weighted by Crippen LogP contribution is 2.33. The summed E-state index contributed by atoms with van der Waals surface area (Å²) < 4.78 is 10.5. The molecule has 5 heteroatoms. The number of aliphatic hydroxyl groups is 1. The van der Waals surface area contributed by atoms with E-state index in [4.69, 9.17) is 14.6 Å². The molecule has 0 fully saturated rings. The van der Waals surface area contributed by atoms with E-state index >= 15 is 0 Å². The summed E-state index contributed by atoms with van der Waals surface area (Å²) in [4.78, 5) is 11.3. The fourth-order valence-corrected chi connectivity index (χ4v) is 2.15. The van der Waals surface area contributed by atoms with Crippen molar-refractivity contribution in [3.8, 4) is 34.5 Å². The first-order valence-electron chi connectivity index (χ1n) is 6.79. The monoisotopic (exact) mass is 312 g/mol. The molecule has 118 valence electrons. The largest absolute Gasteiger partial charge is 0.493 e. The molecule has 0 radical (unpaired) electrons. The van der Waals surface area contributed by atoms with Gasteiger partial charge in [-0.15, -0.1) is 0 Å². The van der Waals surface area contributed by atoms with E-state index < -0.39 is 5.97 Å². The van der Waals surface area contributed by atoms with Crippen molar-refractivity contribution in [3.63, 3.8) is 0 Å². The van der Waals surface area contributed by atoms with Crippen molar-refractivity contribution in [3.05, 3.63) is 47.5 Å². The summed E-state index contributed by atoms with van der Waals surface area (Å²) in [6.45, 7) is -0.289. The van der Waals surface area contributed by atoms with E-state index in [0.29, 0.717) is 22.6 Å². The van der Waals surface area contributed by atoms with E-state index in [1.165, 1.54) is 13.2 Å².